The Morgan fingerprint density at radius 2 is 2.04 bits per heavy atom. The van der Waals surface area contributed by atoms with Crippen LogP contribution in [0, 0.1) is 0 Å². The number of H-pyrrole nitrogens is 1. The molecule has 2 N–H and O–H groups in total. The van der Waals surface area contributed by atoms with E-state index >= 15 is 0 Å². The van der Waals surface area contributed by atoms with Crippen molar-refractivity contribution in [3.63, 3.8) is 0 Å². The van der Waals surface area contributed by atoms with Crippen LogP contribution in [0.15, 0.2) is 48.5 Å². The second kappa shape index (κ2) is 7.14. The van der Waals surface area contributed by atoms with Crippen molar-refractivity contribution in [3.05, 3.63) is 59.4 Å². The number of nitrogens with zero attached hydrogens (tertiary/aromatic N) is 2. The van der Waals surface area contributed by atoms with E-state index in [4.69, 9.17) is 16.3 Å². The zero-order chi connectivity index (χ0) is 16.9. The fourth-order valence-electron chi connectivity index (χ4n) is 2.19. The Bertz CT molecular complexity index is 849. The maximum atomic E-state index is 12.1. The Hall–Kier alpha value is -2.86. The lowest BCUT2D eigenvalue weighted by atomic mass is 10.2. The molecule has 0 bridgehead atoms. The molecule has 6 nitrogen and oxygen atoms in total. The summed E-state index contributed by atoms with van der Waals surface area (Å²) >= 11 is 6.04. The molecule has 0 aliphatic carbocycles. The van der Waals surface area contributed by atoms with E-state index in [0.717, 1.165) is 5.56 Å². The van der Waals surface area contributed by atoms with Crippen LogP contribution in [0.2, 0.25) is 5.02 Å². The number of aromatic amines is 1. The molecule has 0 radical (unpaired) electrons. The molecule has 24 heavy (non-hydrogen) atoms. The third-order valence-electron chi connectivity index (χ3n) is 3.33. The Morgan fingerprint density at radius 3 is 2.75 bits per heavy atom. The van der Waals surface area contributed by atoms with E-state index in [9.17, 15) is 4.79 Å². The highest BCUT2D eigenvalue weighted by Crippen LogP contribution is 2.27. The number of aromatic nitrogens is 3. The van der Waals surface area contributed by atoms with Crippen molar-refractivity contribution in [2.24, 2.45) is 0 Å². The van der Waals surface area contributed by atoms with Crippen LogP contribution in [-0.4, -0.2) is 28.2 Å². The summed E-state index contributed by atoms with van der Waals surface area (Å²) < 4.78 is 5.08. The summed E-state index contributed by atoms with van der Waals surface area (Å²) in [6.45, 7) is 0. The van der Waals surface area contributed by atoms with E-state index in [2.05, 4.69) is 20.5 Å². The number of anilines is 1. The van der Waals surface area contributed by atoms with Gasteiger partial charge >= 0.3 is 0 Å². The Morgan fingerprint density at radius 1 is 1.25 bits per heavy atom. The van der Waals surface area contributed by atoms with E-state index < -0.39 is 0 Å². The first-order valence-electron chi connectivity index (χ1n) is 7.26. The monoisotopic (exact) mass is 342 g/mol. The van der Waals surface area contributed by atoms with E-state index in [1.165, 1.54) is 7.11 Å². The molecular weight excluding hydrogens is 328 g/mol. The minimum atomic E-state index is -0.216. The fourth-order valence-corrected chi connectivity index (χ4v) is 2.45. The van der Waals surface area contributed by atoms with Gasteiger partial charge in [0, 0.05) is 11.3 Å². The molecule has 0 aliphatic rings. The van der Waals surface area contributed by atoms with Gasteiger partial charge in [0.1, 0.15) is 11.6 Å². The van der Waals surface area contributed by atoms with E-state index in [-0.39, 0.29) is 12.3 Å². The first-order valence-corrected chi connectivity index (χ1v) is 7.63. The van der Waals surface area contributed by atoms with Crippen LogP contribution >= 0.6 is 11.6 Å². The van der Waals surface area contributed by atoms with E-state index in [1.807, 2.05) is 30.3 Å². The number of hydrogen-bond donors (Lipinski definition) is 2. The molecule has 3 rings (SSSR count). The minimum Gasteiger partial charge on any atom is -0.495 e. The highest BCUT2D eigenvalue weighted by atomic mass is 35.5. The summed E-state index contributed by atoms with van der Waals surface area (Å²) in [5, 5.41) is 10.1. The molecule has 2 aromatic carbocycles. The van der Waals surface area contributed by atoms with Crippen molar-refractivity contribution in [1.82, 2.24) is 15.2 Å². The molecular formula is C17H15ClN4O2. The van der Waals surface area contributed by atoms with Crippen LogP contribution in [0.5, 0.6) is 5.75 Å². The van der Waals surface area contributed by atoms with Crippen LogP contribution in [0.25, 0.3) is 11.4 Å². The zero-order valence-corrected chi connectivity index (χ0v) is 13.7. The molecule has 0 spiro atoms. The van der Waals surface area contributed by atoms with Gasteiger partial charge in [0.2, 0.25) is 5.91 Å². The third-order valence-corrected chi connectivity index (χ3v) is 3.62. The van der Waals surface area contributed by atoms with Gasteiger partial charge in [0.05, 0.1) is 18.6 Å². The quantitative estimate of drug-likeness (QED) is 0.745. The van der Waals surface area contributed by atoms with Crippen molar-refractivity contribution in [1.29, 1.82) is 0 Å². The summed E-state index contributed by atoms with van der Waals surface area (Å²) in [6.07, 6.45) is 0.0868. The maximum Gasteiger partial charge on any atom is 0.232 e. The molecule has 0 aliphatic heterocycles. The number of nitrogens with one attached hydrogen (secondary N) is 2. The molecule has 1 aromatic heterocycles. The van der Waals surface area contributed by atoms with Gasteiger partial charge in [0.25, 0.3) is 0 Å². The molecule has 0 saturated carbocycles. The maximum absolute atomic E-state index is 12.1. The number of carbonyl (C=O) groups excluding carboxylic acids is 1. The molecule has 1 amide bonds. The Labute approximate surface area is 143 Å². The predicted molar refractivity (Wildman–Crippen MR) is 92.2 cm³/mol. The number of halogens is 1. The number of ether oxygens (including phenoxy) is 1. The van der Waals surface area contributed by atoms with Gasteiger partial charge in [-0.05, 0) is 18.2 Å². The number of methoxy groups -OCH3 is 1. The van der Waals surface area contributed by atoms with Crippen LogP contribution < -0.4 is 10.1 Å². The molecule has 122 valence electrons. The highest BCUT2D eigenvalue weighted by molar-refractivity contribution is 6.32. The van der Waals surface area contributed by atoms with Crippen molar-refractivity contribution in [3.8, 4) is 17.1 Å². The zero-order valence-electron chi connectivity index (χ0n) is 12.9. The largest absolute Gasteiger partial charge is 0.495 e. The lowest BCUT2D eigenvalue weighted by Gasteiger charge is -2.07. The standard InChI is InChI=1S/C17H15ClN4O2/c1-24-14-8-7-12(9-13(14)18)19-16(23)10-15-20-17(22-21-15)11-5-3-2-4-6-11/h2-9H,10H2,1H3,(H,19,23)(H,20,21,22). The van der Waals surface area contributed by atoms with Crippen molar-refractivity contribution < 1.29 is 9.53 Å². The number of carbonyl (C=O) groups is 1. The number of rotatable bonds is 5. The van der Waals surface area contributed by atoms with Crippen LogP contribution in [0.4, 0.5) is 5.69 Å². The first kappa shape index (κ1) is 16.0. The number of benzene rings is 2. The molecule has 0 saturated heterocycles. The lowest BCUT2D eigenvalue weighted by Crippen LogP contribution is -2.15. The normalized spacial score (nSPS) is 10.4. The third kappa shape index (κ3) is 3.72. The van der Waals surface area contributed by atoms with Crippen molar-refractivity contribution in [2.45, 2.75) is 6.42 Å². The van der Waals surface area contributed by atoms with Crippen LogP contribution in [-0.2, 0) is 11.2 Å². The predicted octanol–water partition coefficient (Wildman–Crippen LogP) is 3.31. The SMILES string of the molecule is COc1ccc(NC(=O)Cc2nc(-c3ccccc3)n[nH]2)cc1Cl. The molecule has 1 heterocycles. The van der Waals surface area contributed by atoms with E-state index in [1.54, 1.807) is 18.2 Å². The van der Waals surface area contributed by atoms with Gasteiger partial charge in [-0.25, -0.2) is 4.98 Å². The fraction of sp³-hybridized carbons (Fsp3) is 0.118. The summed E-state index contributed by atoms with van der Waals surface area (Å²) in [7, 11) is 1.54. The molecule has 7 heteroatoms. The average molecular weight is 343 g/mol. The van der Waals surface area contributed by atoms with Gasteiger partial charge in [-0.3, -0.25) is 9.89 Å². The Kier molecular flexibility index (Phi) is 4.77. The second-order valence-corrected chi connectivity index (χ2v) is 5.45. The van der Waals surface area contributed by atoms with Crippen LogP contribution in [0.3, 0.4) is 0 Å². The summed E-state index contributed by atoms with van der Waals surface area (Å²) in [5.41, 5.74) is 1.48. The van der Waals surface area contributed by atoms with E-state index in [0.29, 0.717) is 28.1 Å². The topological polar surface area (TPSA) is 79.9 Å². The number of amides is 1. The summed E-state index contributed by atoms with van der Waals surface area (Å²) in [4.78, 5) is 16.5. The Balaban J connectivity index is 1.65. The number of hydrogen-bond acceptors (Lipinski definition) is 4. The smallest absolute Gasteiger partial charge is 0.232 e. The first-order chi connectivity index (χ1) is 11.7. The van der Waals surface area contributed by atoms with Gasteiger partial charge < -0.3 is 10.1 Å². The van der Waals surface area contributed by atoms with Crippen molar-refractivity contribution in [2.75, 3.05) is 12.4 Å². The van der Waals surface area contributed by atoms with Gasteiger partial charge in [-0.1, -0.05) is 41.9 Å². The summed E-state index contributed by atoms with van der Waals surface area (Å²) in [6, 6.07) is 14.6. The molecule has 3 aromatic rings. The summed E-state index contributed by atoms with van der Waals surface area (Å²) in [5.74, 6) is 1.39. The van der Waals surface area contributed by atoms with Gasteiger partial charge in [-0.2, -0.15) is 5.10 Å². The minimum absolute atomic E-state index is 0.0868. The van der Waals surface area contributed by atoms with Gasteiger partial charge in [-0.15, -0.1) is 0 Å². The highest BCUT2D eigenvalue weighted by Gasteiger charge is 2.11. The average Bonchev–Trinajstić information content (AvgIpc) is 3.04. The lowest BCUT2D eigenvalue weighted by molar-refractivity contribution is -0.115. The molecule has 0 fully saturated rings. The second-order valence-electron chi connectivity index (χ2n) is 5.05. The molecule has 0 atom stereocenters. The van der Waals surface area contributed by atoms with Crippen LogP contribution in [0.1, 0.15) is 5.82 Å². The molecule has 0 unspecified atom stereocenters. The van der Waals surface area contributed by atoms with Crippen molar-refractivity contribution >= 4 is 23.2 Å². The van der Waals surface area contributed by atoms with Gasteiger partial charge in [0.15, 0.2) is 5.82 Å².